The molecule has 3 aliphatic heterocycles. The number of Topliss-reactive ketones (excluding diaryl/α,β-unsaturated/α-hetero) is 1. The molecule has 0 aliphatic carbocycles. The summed E-state index contributed by atoms with van der Waals surface area (Å²) in [6.45, 7) is 0.546. The van der Waals surface area contributed by atoms with Gasteiger partial charge in [0, 0.05) is 51.0 Å². The Morgan fingerprint density at radius 3 is 2.56 bits per heavy atom. The van der Waals surface area contributed by atoms with Crippen molar-refractivity contribution < 1.29 is 33.6 Å². The van der Waals surface area contributed by atoms with Crippen LogP contribution in [-0.2, 0) is 4.79 Å². The smallest absolute Gasteiger partial charge is 0.282 e. The highest BCUT2D eigenvalue weighted by molar-refractivity contribution is 6.23. The third-order valence-corrected chi connectivity index (χ3v) is 7.05. The van der Waals surface area contributed by atoms with E-state index in [4.69, 9.17) is 9.47 Å². The van der Waals surface area contributed by atoms with Crippen LogP contribution in [0.2, 0.25) is 0 Å². The average Bonchev–Trinajstić information content (AvgIpc) is 3.11. The third kappa shape index (κ3) is 3.86. The van der Waals surface area contributed by atoms with Crippen LogP contribution in [0, 0.1) is 10.1 Å². The van der Waals surface area contributed by atoms with Crippen molar-refractivity contribution in [2.24, 2.45) is 0 Å². The number of nitrogens with zero attached hydrogens (tertiary/aromatic N) is 3. The van der Waals surface area contributed by atoms with Crippen molar-refractivity contribution in [3.8, 4) is 11.5 Å². The van der Waals surface area contributed by atoms with E-state index in [0.717, 1.165) is 4.90 Å². The number of benzene rings is 2. The van der Waals surface area contributed by atoms with E-state index in [-0.39, 0.29) is 42.2 Å². The van der Waals surface area contributed by atoms with Gasteiger partial charge >= 0.3 is 0 Å². The van der Waals surface area contributed by atoms with Gasteiger partial charge in [-0.1, -0.05) is 6.07 Å². The first kappa shape index (κ1) is 23.5. The van der Waals surface area contributed by atoms with Crippen molar-refractivity contribution in [2.75, 3.05) is 26.7 Å². The summed E-state index contributed by atoms with van der Waals surface area (Å²) in [5.74, 6) is -0.614. The monoisotopic (exact) mass is 493 g/mol. The molecule has 1 spiro atoms. The Morgan fingerprint density at radius 2 is 1.86 bits per heavy atom. The first-order valence-corrected chi connectivity index (χ1v) is 11.5. The van der Waals surface area contributed by atoms with Gasteiger partial charge in [-0.25, -0.2) is 0 Å². The number of ether oxygens (including phenoxy) is 2. The zero-order valence-corrected chi connectivity index (χ0v) is 19.5. The molecule has 1 fully saturated rings. The Morgan fingerprint density at radius 1 is 1.11 bits per heavy atom. The lowest BCUT2D eigenvalue weighted by Crippen LogP contribution is -2.52. The van der Waals surface area contributed by atoms with Gasteiger partial charge in [-0.05, 0) is 18.2 Å². The summed E-state index contributed by atoms with van der Waals surface area (Å²) >= 11 is 0. The number of ketones is 1. The molecule has 0 aromatic heterocycles. The van der Waals surface area contributed by atoms with Gasteiger partial charge in [0.1, 0.15) is 22.7 Å². The molecule has 3 amide bonds. The lowest BCUT2D eigenvalue weighted by Gasteiger charge is -2.44. The Balaban J connectivity index is 1.21. The van der Waals surface area contributed by atoms with Crippen molar-refractivity contribution in [1.29, 1.82) is 0 Å². The second kappa shape index (κ2) is 8.74. The van der Waals surface area contributed by atoms with Crippen molar-refractivity contribution in [2.45, 2.75) is 31.3 Å². The summed E-state index contributed by atoms with van der Waals surface area (Å²) in [6, 6.07) is 9.00. The van der Waals surface area contributed by atoms with E-state index in [2.05, 4.69) is 0 Å². The van der Waals surface area contributed by atoms with Crippen LogP contribution in [0.15, 0.2) is 36.4 Å². The Bertz CT molecular complexity index is 1310. The molecule has 2 aromatic rings. The minimum atomic E-state index is -0.768. The molecule has 0 atom stereocenters. The van der Waals surface area contributed by atoms with E-state index >= 15 is 0 Å². The van der Waals surface area contributed by atoms with Crippen LogP contribution in [0.3, 0.4) is 0 Å². The van der Waals surface area contributed by atoms with Crippen LogP contribution in [0.5, 0.6) is 11.5 Å². The van der Waals surface area contributed by atoms with E-state index in [1.807, 2.05) is 0 Å². The molecular formula is C25H23N3O8. The van der Waals surface area contributed by atoms with Gasteiger partial charge in [0.25, 0.3) is 17.5 Å². The molecule has 5 rings (SSSR count). The number of hydrogen-bond donors (Lipinski definition) is 0. The number of hydrogen-bond acceptors (Lipinski definition) is 8. The van der Waals surface area contributed by atoms with Crippen molar-refractivity contribution in [3.05, 3.63) is 63.2 Å². The quantitative estimate of drug-likeness (QED) is 0.352. The van der Waals surface area contributed by atoms with Crippen molar-refractivity contribution in [1.82, 2.24) is 9.80 Å². The maximum atomic E-state index is 12.9. The number of amides is 3. The number of likely N-dealkylation sites (tertiary alicyclic amines) is 1. The second-order valence-electron chi connectivity index (χ2n) is 9.10. The van der Waals surface area contributed by atoms with Crippen LogP contribution in [0.25, 0.3) is 0 Å². The van der Waals surface area contributed by atoms with E-state index in [1.165, 1.54) is 25.3 Å². The number of carbonyl (C=O) groups is 4. The lowest BCUT2D eigenvalue weighted by atomic mass is 9.82. The van der Waals surface area contributed by atoms with Gasteiger partial charge in [0.2, 0.25) is 5.91 Å². The van der Waals surface area contributed by atoms with Crippen LogP contribution >= 0.6 is 0 Å². The number of nitro groups is 1. The molecule has 3 heterocycles. The fourth-order valence-corrected chi connectivity index (χ4v) is 5.08. The molecule has 0 radical (unpaired) electrons. The molecule has 36 heavy (non-hydrogen) atoms. The van der Waals surface area contributed by atoms with Gasteiger partial charge in [0.05, 0.1) is 29.6 Å². The Hall–Kier alpha value is -4.28. The molecule has 1 saturated heterocycles. The number of carbonyl (C=O) groups excluding carboxylic acids is 4. The van der Waals surface area contributed by atoms with E-state index in [1.54, 1.807) is 23.1 Å². The Labute approximate surface area is 205 Å². The number of methoxy groups -OCH3 is 1. The molecule has 0 saturated carbocycles. The number of fused-ring (bicyclic) bond motifs is 2. The predicted octanol–water partition coefficient (Wildman–Crippen LogP) is 2.62. The number of piperidine rings is 1. The molecule has 11 nitrogen and oxygen atoms in total. The second-order valence-corrected chi connectivity index (χ2v) is 9.10. The van der Waals surface area contributed by atoms with Gasteiger partial charge in [-0.3, -0.25) is 34.2 Å². The molecule has 3 aliphatic rings. The summed E-state index contributed by atoms with van der Waals surface area (Å²) in [5, 5.41) is 11.3. The predicted molar refractivity (Wildman–Crippen MR) is 124 cm³/mol. The van der Waals surface area contributed by atoms with Crippen LogP contribution in [-0.4, -0.2) is 70.6 Å². The lowest BCUT2D eigenvalue weighted by molar-refractivity contribution is -0.385. The van der Waals surface area contributed by atoms with E-state index < -0.39 is 28.0 Å². The number of nitro benzene ring substituents is 1. The topological polar surface area (TPSA) is 136 Å². The molecular weight excluding hydrogens is 470 g/mol. The Kier molecular flexibility index (Phi) is 5.70. The van der Waals surface area contributed by atoms with Gasteiger partial charge < -0.3 is 14.4 Å². The highest BCUT2D eigenvalue weighted by Gasteiger charge is 2.44. The molecule has 11 heteroatoms. The molecule has 2 aromatic carbocycles. The maximum absolute atomic E-state index is 12.9. The maximum Gasteiger partial charge on any atom is 0.282 e. The summed E-state index contributed by atoms with van der Waals surface area (Å²) < 4.78 is 11.5. The molecule has 0 N–H and O–H groups in total. The number of imide groups is 1. The fraction of sp³-hybridized carbons (Fsp3) is 0.360. The summed E-state index contributed by atoms with van der Waals surface area (Å²) in [6.07, 6.45) is 1.04. The van der Waals surface area contributed by atoms with Gasteiger partial charge in [0.15, 0.2) is 5.78 Å². The molecule has 0 unspecified atom stereocenters. The van der Waals surface area contributed by atoms with Crippen molar-refractivity contribution >= 4 is 29.2 Å². The van der Waals surface area contributed by atoms with E-state index in [9.17, 15) is 29.3 Å². The summed E-state index contributed by atoms with van der Waals surface area (Å²) in [5.41, 5.74) is -0.883. The fourth-order valence-electron chi connectivity index (χ4n) is 5.08. The normalized spacial score (nSPS) is 18.1. The molecule has 186 valence electrons. The average molecular weight is 493 g/mol. The van der Waals surface area contributed by atoms with Crippen molar-refractivity contribution in [3.63, 3.8) is 0 Å². The highest BCUT2D eigenvalue weighted by Crippen LogP contribution is 2.41. The zero-order chi connectivity index (χ0) is 25.6. The third-order valence-electron chi connectivity index (χ3n) is 7.05. The van der Waals surface area contributed by atoms with Crippen LogP contribution in [0.1, 0.15) is 56.8 Å². The van der Waals surface area contributed by atoms with Gasteiger partial charge in [-0.2, -0.15) is 0 Å². The van der Waals surface area contributed by atoms with Crippen LogP contribution < -0.4 is 9.47 Å². The first-order valence-electron chi connectivity index (χ1n) is 11.5. The zero-order valence-electron chi connectivity index (χ0n) is 19.5. The largest absolute Gasteiger partial charge is 0.497 e. The first-order chi connectivity index (χ1) is 17.2. The van der Waals surface area contributed by atoms with E-state index in [0.29, 0.717) is 43.0 Å². The minimum Gasteiger partial charge on any atom is -0.497 e. The number of rotatable bonds is 5. The van der Waals surface area contributed by atoms with Crippen LogP contribution in [0.4, 0.5) is 5.69 Å². The summed E-state index contributed by atoms with van der Waals surface area (Å²) in [4.78, 5) is 64.1. The minimum absolute atomic E-state index is 0.0154. The molecule has 0 bridgehead atoms. The SMILES string of the molecule is COc1ccc2c(c1)OC1(CCN(C(=O)CCN3C(=O)c4cccc([N+](=O)[O-])c4C3=O)CC1)CC2=O. The highest BCUT2D eigenvalue weighted by atomic mass is 16.6. The van der Waals surface area contributed by atoms with Gasteiger partial charge in [-0.15, -0.1) is 0 Å². The standard InChI is InChI=1S/C25H23N3O8/c1-35-15-5-6-16-19(29)14-25(36-20(16)13-15)8-11-26(12-9-25)21(30)7-10-27-23(31)17-3-2-4-18(28(33)34)22(17)24(27)32/h2-6,13H,7-12,14H2,1H3. The summed E-state index contributed by atoms with van der Waals surface area (Å²) in [7, 11) is 1.54.